The second-order valence-electron chi connectivity index (χ2n) is 24.9. The number of aliphatic carboxylic acids is 1. The highest BCUT2D eigenvalue weighted by Crippen LogP contribution is 2.46. The molecule has 102 heavy (non-hydrogen) atoms. The van der Waals surface area contributed by atoms with Crippen molar-refractivity contribution in [2.75, 3.05) is 56.6 Å². The third-order valence-corrected chi connectivity index (χ3v) is 26.6. The molecule has 3 N–H and O–H groups in total. The van der Waals surface area contributed by atoms with E-state index >= 15 is 17.6 Å². The summed E-state index contributed by atoms with van der Waals surface area (Å²) in [6.45, 7) is 25.5. The van der Waals surface area contributed by atoms with Gasteiger partial charge >= 0.3 is 24.0 Å². The van der Waals surface area contributed by atoms with Gasteiger partial charge in [-0.1, -0.05) is 65.0 Å². The van der Waals surface area contributed by atoms with Crippen LogP contribution in [0.1, 0.15) is 115 Å². The molecule has 0 bridgehead atoms. The summed E-state index contributed by atoms with van der Waals surface area (Å²) in [6.07, 6.45) is -3.95. The van der Waals surface area contributed by atoms with Gasteiger partial charge in [0, 0.05) is 83.6 Å². The molecule has 0 saturated heterocycles. The van der Waals surface area contributed by atoms with Crippen molar-refractivity contribution < 1.29 is 94.1 Å². The van der Waals surface area contributed by atoms with Crippen molar-refractivity contribution in [3.05, 3.63) is 135 Å². The molecule has 5 aromatic carbocycles. The van der Waals surface area contributed by atoms with Gasteiger partial charge in [-0.05, 0) is 139 Å². The van der Waals surface area contributed by atoms with E-state index in [1.165, 1.54) is 43.1 Å². The molecule has 0 radical (unpaired) electrons. The lowest BCUT2D eigenvalue weighted by Crippen LogP contribution is -2.34. The molecule has 1 aliphatic heterocycles. The molecule has 1 atom stereocenters. The quantitative estimate of drug-likeness (QED) is 0.00691. The lowest BCUT2D eigenvalue weighted by atomic mass is 9.91. The third-order valence-electron chi connectivity index (χ3n) is 17.1. The van der Waals surface area contributed by atoms with Crippen LogP contribution in [0, 0.1) is 70.2 Å². The van der Waals surface area contributed by atoms with E-state index in [9.17, 15) is 52.8 Å². The summed E-state index contributed by atoms with van der Waals surface area (Å²) in [5.74, 6) is -13.9. The largest absolute Gasteiger partial charge is 0.481 e. The molecule has 7 rings (SSSR count). The van der Waals surface area contributed by atoms with E-state index in [-0.39, 0.29) is 106 Å². The smallest absolute Gasteiger partial charge is 0.407 e. The van der Waals surface area contributed by atoms with E-state index in [0.717, 1.165) is 6.07 Å². The highest BCUT2D eigenvalue weighted by Gasteiger charge is 2.39. The Bertz CT molecular complexity index is 4900. The predicted octanol–water partition coefficient (Wildman–Crippen LogP) is 12.7. The number of thioether (sulfide) groups is 1. The van der Waals surface area contributed by atoms with Gasteiger partial charge in [-0.25, -0.2) is 61.0 Å². The zero-order valence-electron chi connectivity index (χ0n) is 59.2. The number of esters is 2. The minimum Gasteiger partial charge on any atom is -0.481 e. The molecule has 0 saturated carbocycles. The van der Waals surface area contributed by atoms with E-state index in [1.54, 1.807) is 119 Å². The fourth-order valence-electron chi connectivity index (χ4n) is 11.9. The maximum atomic E-state index is 16.4. The average molecular weight is 1520 g/mol. The summed E-state index contributed by atoms with van der Waals surface area (Å²) in [5, 5.41) is 11.8. The zero-order valence-corrected chi connectivity index (χ0v) is 63.3. The molecule has 0 fully saturated rings. The topological polar surface area (TPSA) is 312 Å². The average Bonchev–Trinajstić information content (AvgIpc) is 0.744. The SMILES string of the molecule is CCN(CC)S(=O)(=O)c1c(C)cc(C)c(N=c2ccc3c(-c4ccccc4S(=O)(=O)NS(=O)(=O)c4c(F)c(F)c(SCC(COC(=O)NCCOC(=O)C(C)(C)CC)OC(=O)CCC(=O)O)c(F)c4F)c4ccc(N(c5c(C)cc(C)c(S(=O)(=O)N(CC)CC)c5C)C(C)C)cc4oc-3c2)c1C. The first-order valence-electron chi connectivity index (χ1n) is 32.6. The summed E-state index contributed by atoms with van der Waals surface area (Å²) in [4.78, 5) is 51.0. The Morgan fingerprint density at radius 2 is 1.25 bits per heavy atom. The highest BCUT2D eigenvalue weighted by atomic mass is 32.3. The van der Waals surface area contributed by atoms with E-state index in [1.807, 2.05) is 25.7 Å². The van der Waals surface area contributed by atoms with Crippen LogP contribution >= 0.6 is 11.8 Å². The van der Waals surface area contributed by atoms with Crippen molar-refractivity contribution in [1.29, 1.82) is 0 Å². The number of sulfonamides is 4. The zero-order chi connectivity index (χ0) is 76.1. The van der Waals surface area contributed by atoms with E-state index < -0.39 is 139 Å². The number of halogens is 4. The molecule has 23 nitrogen and oxygen atoms in total. The Labute approximate surface area is 596 Å². The molecule has 554 valence electrons. The van der Waals surface area contributed by atoms with Gasteiger partial charge in [0.1, 0.15) is 30.7 Å². The number of carbonyl (C=O) groups is 4. The molecule has 1 amide bonds. The van der Waals surface area contributed by atoms with Crippen LogP contribution in [0.25, 0.3) is 33.4 Å². The molecule has 5 aromatic rings. The Balaban J connectivity index is 1.35. The van der Waals surface area contributed by atoms with Gasteiger partial charge in [0.25, 0.3) is 20.0 Å². The van der Waals surface area contributed by atoms with E-state index in [2.05, 4.69) is 5.32 Å². The number of hydrogen-bond donors (Lipinski definition) is 3. The van der Waals surface area contributed by atoms with E-state index in [0.29, 0.717) is 56.9 Å². The second-order valence-corrected chi connectivity index (χ2v) is 33.2. The number of nitrogens with zero attached hydrogens (tertiary/aromatic N) is 4. The molecular weight excluding hydrogens is 1430 g/mol. The lowest BCUT2D eigenvalue weighted by molar-refractivity contribution is -0.154. The first-order valence-corrected chi connectivity index (χ1v) is 39.4. The molecule has 0 spiro atoms. The second kappa shape index (κ2) is 32.8. The van der Waals surface area contributed by atoms with Gasteiger partial charge < -0.3 is 34.0 Å². The van der Waals surface area contributed by atoms with Gasteiger partial charge in [0.15, 0.2) is 28.2 Å². The highest BCUT2D eigenvalue weighted by molar-refractivity contribution is 8.04. The number of hydrogen-bond acceptors (Lipinski definition) is 19. The molecular formula is C70H84F4N6O17S5. The molecule has 32 heteroatoms. The first kappa shape index (κ1) is 81.3. The summed E-state index contributed by atoms with van der Waals surface area (Å²) < 4.78 is 207. The van der Waals surface area contributed by atoms with E-state index in [4.69, 9.17) is 28.7 Å². The summed E-state index contributed by atoms with van der Waals surface area (Å²) in [6, 6.07) is 17.5. The number of carbonyl (C=O) groups excluding carboxylic acids is 3. The lowest BCUT2D eigenvalue weighted by Gasteiger charge is -2.34. The van der Waals surface area contributed by atoms with Crippen molar-refractivity contribution in [1.82, 2.24) is 18.1 Å². The number of fused-ring (bicyclic) bond motifs is 2. The van der Waals surface area contributed by atoms with Gasteiger partial charge in [0.05, 0.1) is 55.4 Å². The Kier molecular flexibility index (Phi) is 26.1. The summed E-state index contributed by atoms with van der Waals surface area (Å²) in [7, 11) is -19.9. The molecule has 1 unspecified atom stereocenters. The first-order chi connectivity index (χ1) is 47.7. The predicted molar refractivity (Wildman–Crippen MR) is 378 cm³/mol. The Morgan fingerprint density at radius 3 is 1.81 bits per heavy atom. The van der Waals surface area contributed by atoms with Gasteiger partial charge in [-0.15, -0.1) is 15.9 Å². The summed E-state index contributed by atoms with van der Waals surface area (Å²) in [5.41, 5.74) is 3.69. The number of carboxylic acid groups (broad SMARTS) is 1. The van der Waals surface area contributed by atoms with Crippen LogP contribution in [-0.4, -0.2) is 135 Å². The van der Waals surface area contributed by atoms with Crippen LogP contribution in [0.3, 0.4) is 0 Å². The maximum Gasteiger partial charge on any atom is 0.407 e. The number of alkyl carbamates (subject to hydrolysis) is 1. The van der Waals surface area contributed by atoms with Crippen LogP contribution < -0.4 is 19.7 Å². The van der Waals surface area contributed by atoms with Crippen LogP contribution in [-0.2, 0) is 68.7 Å². The number of ether oxygens (including phenoxy) is 3. The fourth-order valence-corrected chi connectivity index (χ4v) is 19.9. The normalized spacial score (nSPS) is 13.0. The maximum absolute atomic E-state index is 16.4. The number of benzene rings is 6. The monoisotopic (exact) mass is 1520 g/mol. The number of amides is 1. The number of nitrogens with one attached hydrogen (secondary N) is 2. The number of aryl methyl sites for hydroxylation is 4. The van der Waals surface area contributed by atoms with Crippen LogP contribution in [0.2, 0.25) is 0 Å². The third kappa shape index (κ3) is 17.3. The molecule has 1 aliphatic carbocycles. The van der Waals surface area contributed by atoms with Crippen molar-refractivity contribution in [2.24, 2.45) is 10.4 Å². The minimum atomic E-state index is -6.22. The Hall–Kier alpha value is -7.98. The fraction of sp³-hybridized carbons (Fsp3) is 0.414. The van der Waals surface area contributed by atoms with Gasteiger partial charge in [-0.3, -0.25) is 14.4 Å². The summed E-state index contributed by atoms with van der Waals surface area (Å²) >= 11 is -0.0877. The standard InChI is InChI=1S/C70H84F4N6O17S5/c1-16-70(14,15)68(84)94-32-31-75-69(85)95-37-48(96-56(83)30-29-55(81)82)38-98-64-58(71)60(73)67(61(74)59(64)72)100(88,89)77-99(86,87)54-24-22-21-23-51(54)57-49-27-25-46(76-62-40(8)33-42(10)65(44(62)12)101(90,91)78(17-2)18-3)35-52(49)97-53-36-47(26-28-50(53)57)80(39(6)7)63-41(9)34-43(11)66(45(63)13)102(92,93)79(19-4)20-5/h21-28,33-36,39,48,77H,16-20,29-32,37-38H2,1-15H3,(H,75,85)(H,81,82). The number of rotatable bonds is 31. The van der Waals surface area contributed by atoms with Crippen LogP contribution in [0.15, 0.2) is 107 Å². The van der Waals surface area contributed by atoms with Crippen molar-refractivity contribution >= 4 is 104 Å². The van der Waals surface area contributed by atoms with Crippen molar-refractivity contribution in [2.45, 2.75) is 160 Å². The van der Waals surface area contributed by atoms with Gasteiger partial charge in [-0.2, -0.15) is 8.61 Å². The van der Waals surface area contributed by atoms with Gasteiger partial charge in [0.2, 0.25) is 20.0 Å². The van der Waals surface area contributed by atoms with Crippen LogP contribution in [0.5, 0.6) is 0 Å². The van der Waals surface area contributed by atoms with Crippen molar-refractivity contribution in [3.63, 3.8) is 0 Å². The molecule has 0 aromatic heterocycles. The number of anilines is 2. The van der Waals surface area contributed by atoms with Crippen molar-refractivity contribution in [3.8, 4) is 22.5 Å². The molecule has 2 aliphatic rings. The Morgan fingerprint density at radius 1 is 0.667 bits per heavy atom. The van der Waals surface area contributed by atoms with Crippen LogP contribution in [0.4, 0.5) is 39.4 Å². The number of carboxylic acids is 1. The minimum absolute atomic E-state index is 0.0326. The molecule has 1 heterocycles.